The zero-order valence-corrected chi connectivity index (χ0v) is 13.3. The van der Waals surface area contributed by atoms with E-state index in [1.165, 1.54) is 0 Å². The van der Waals surface area contributed by atoms with E-state index in [2.05, 4.69) is 45.6 Å². The van der Waals surface area contributed by atoms with Crippen LogP contribution in [0.1, 0.15) is 58.6 Å². The predicted octanol–water partition coefficient (Wildman–Crippen LogP) is 3.73. The molecule has 0 aliphatic rings. The molecule has 0 saturated heterocycles. The highest BCUT2D eigenvalue weighted by Gasteiger charge is 2.30. The average molecular weight is 266 g/mol. The summed E-state index contributed by atoms with van der Waals surface area (Å²) in [6.45, 7) is 14.1. The molecule has 0 spiro atoms. The van der Waals surface area contributed by atoms with E-state index in [9.17, 15) is 0 Å². The van der Waals surface area contributed by atoms with Crippen molar-refractivity contribution < 1.29 is 4.42 Å². The maximum Gasteiger partial charge on any atom is 0.122 e. The number of hydrogen-bond donors (Lipinski definition) is 1. The zero-order chi connectivity index (χ0) is 14.6. The van der Waals surface area contributed by atoms with Crippen molar-refractivity contribution >= 4 is 0 Å². The molecule has 1 aromatic heterocycles. The molecule has 1 aromatic rings. The van der Waals surface area contributed by atoms with Crippen LogP contribution in [0.3, 0.4) is 0 Å². The first-order valence-electron chi connectivity index (χ1n) is 7.44. The Labute approximate surface area is 118 Å². The van der Waals surface area contributed by atoms with E-state index >= 15 is 0 Å². The summed E-state index contributed by atoms with van der Waals surface area (Å²) in [7, 11) is 0. The topological polar surface area (TPSA) is 42.4 Å². The minimum Gasteiger partial charge on any atom is -0.465 e. The minimum absolute atomic E-state index is 0.103. The quantitative estimate of drug-likeness (QED) is 0.817. The van der Waals surface area contributed by atoms with Crippen LogP contribution in [0.25, 0.3) is 0 Å². The van der Waals surface area contributed by atoms with Gasteiger partial charge in [-0.05, 0) is 45.2 Å². The van der Waals surface area contributed by atoms with E-state index in [0.29, 0.717) is 12.0 Å². The smallest absolute Gasteiger partial charge is 0.122 e. The van der Waals surface area contributed by atoms with Crippen LogP contribution in [0.5, 0.6) is 0 Å². The molecule has 1 rings (SSSR count). The van der Waals surface area contributed by atoms with Crippen LogP contribution in [0, 0.1) is 12.8 Å². The first kappa shape index (κ1) is 16.3. The third-order valence-electron chi connectivity index (χ3n) is 3.53. The molecule has 0 saturated carbocycles. The van der Waals surface area contributed by atoms with Gasteiger partial charge in [0.05, 0.1) is 6.04 Å². The Bertz CT molecular complexity index is 371. The molecule has 0 amide bonds. The van der Waals surface area contributed by atoms with Gasteiger partial charge >= 0.3 is 0 Å². The molecule has 2 unspecified atom stereocenters. The van der Waals surface area contributed by atoms with Gasteiger partial charge in [-0.25, -0.2) is 0 Å². The highest BCUT2D eigenvalue weighted by atomic mass is 16.3. The maximum absolute atomic E-state index is 6.37. The van der Waals surface area contributed by atoms with Crippen LogP contribution in [-0.2, 0) is 0 Å². The molecule has 110 valence electrons. The van der Waals surface area contributed by atoms with Crippen molar-refractivity contribution in [1.29, 1.82) is 0 Å². The minimum atomic E-state index is 0.103. The molecule has 0 aliphatic carbocycles. The lowest BCUT2D eigenvalue weighted by Crippen LogP contribution is -2.45. The fourth-order valence-electron chi connectivity index (χ4n) is 2.52. The molecular formula is C16H30N2O. The van der Waals surface area contributed by atoms with E-state index in [4.69, 9.17) is 10.2 Å². The second kappa shape index (κ2) is 7.11. The highest BCUT2D eigenvalue weighted by Crippen LogP contribution is 2.29. The van der Waals surface area contributed by atoms with Gasteiger partial charge in [0.2, 0.25) is 0 Å². The molecule has 3 nitrogen and oxygen atoms in total. The fourth-order valence-corrected chi connectivity index (χ4v) is 2.52. The van der Waals surface area contributed by atoms with Gasteiger partial charge in [0.15, 0.2) is 0 Å². The third kappa shape index (κ3) is 4.36. The number of hydrogen-bond acceptors (Lipinski definition) is 3. The van der Waals surface area contributed by atoms with Crippen molar-refractivity contribution in [3.05, 3.63) is 23.7 Å². The molecule has 2 atom stereocenters. The zero-order valence-electron chi connectivity index (χ0n) is 13.3. The summed E-state index contributed by atoms with van der Waals surface area (Å²) in [4.78, 5) is 2.47. The van der Waals surface area contributed by atoms with Crippen molar-refractivity contribution in [2.24, 2.45) is 11.7 Å². The summed E-state index contributed by atoms with van der Waals surface area (Å²) in [5.74, 6) is 2.57. The molecule has 0 radical (unpaired) electrons. The van der Waals surface area contributed by atoms with Crippen molar-refractivity contribution in [1.82, 2.24) is 4.90 Å². The first-order chi connectivity index (χ1) is 8.86. The van der Waals surface area contributed by atoms with Crippen LogP contribution >= 0.6 is 0 Å². The summed E-state index contributed by atoms with van der Waals surface area (Å²) in [6.07, 6.45) is 0.950. The van der Waals surface area contributed by atoms with Gasteiger partial charge < -0.3 is 10.2 Å². The van der Waals surface area contributed by atoms with Crippen LogP contribution in [0.4, 0.5) is 0 Å². The lowest BCUT2D eigenvalue weighted by molar-refractivity contribution is 0.0978. The molecule has 2 N–H and O–H groups in total. The SMILES string of the molecule is CCC(N)C(c1ccc(C)o1)N(CC(C)C)C(C)C. The summed E-state index contributed by atoms with van der Waals surface area (Å²) >= 11 is 0. The van der Waals surface area contributed by atoms with E-state index in [1.807, 2.05) is 13.0 Å². The molecule has 0 aromatic carbocycles. The lowest BCUT2D eigenvalue weighted by atomic mass is 9.99. The van der Waals surface area contributed by atoms with Crippen LogP contribution in [-0.4, -0.2) is 23.5 Å². The van der Waals surface area contributed by atoms with E-state index < -0.39 is 0 Å². The van der Waals surface area contributed by atoms with Gasteiger partial charge in [-0.3, -0.25) is 4.90 Å². The Hall–Kier alpha value is -0.800. The number of aryl methyl sites for hydroxylation is 1. The van der Waals surface area contributed by atoms with Gasteiger partial charge in [-0.2, -0.15) is 0 Å². The molecule has 0 bridgehead atoms. The Morgan fingerprint density at radius 3 is 2.21 bits per heavy atom. The van der Waals surface area contributed by atoms with Crippen molar-refractivity contribution in [3.8, 4) is 0 Å². The summed E-state index contributed by atoms with van der Waals surface area (Å²) in [6, 6.07) is 4.83. The number of rotatable bonds is 7. The monoisotopic (exact) mass is 266 g/mol. The van der Waals surface area contributed by atoms with Crippen LogP contribution in [0.2, 0.25) is 0 Å². The molecule has 19 heavy (non-hydrogen) atoms. The molecule has 1 heterocycles. The summed E-state index contributed by atoms with van der Waals surface area (Å²) < 4.78 is 5.86. The number of nitrogens with two attached hydrogens (primary N) is 1. The Balaban J connectivity index is 3.06. The van der Waals surface area contributed by atoms with E-state index in [-0.39, 0.29) is 12.1 Å². The average Bonchev–Trinajstić information content (AvgIpc) is 2.73. The lowest BCUT2D eigenvalue weighted by Gasteiger charge is -2.38. The van der Waals surface area contributed by atoms with Gasteiger partial charge in [0, 0.05) is 18.6 Å². The normalized spacial score (nSPS) is 15.5. The van der Waals surface area contributed by atoms with Crippen molar-refractivity contribution in [2.45, 2.75) is 66.1 Å². The second-order valence-corrected chi connectivity index (χ2v) is 6.15. The number of nitrogens with zero attached hydrogens (tertiary/aromatic N) is 1. The van der Waals surface area contributed by atoms with E-state index in [1.54, 1.807) is 0 Å². The second-order valence-electron chi connectivity index (χ2n) is 6.15. The summed E-state index contributed by atoms with van der Waals surface area (Å²) in [5.41, 5.74) is 6.37. The number of furan rings is 1. The molecule has 0 aliphatic heterocycles. The fraction of sp³-hybridized carbons (Fsp3) is 0.750. The van der Waals surface area contributed by atoms with Gasteiger partial charge in [-0.15, -0.1) is 0 Å². The van der Waals surface area contributed by atoms with Crippen LogP contribution < -0.4 is 5.73 Å². The highest BCUT2D eigenvalue weighted by molar-refractivity contribution is 5.12. The van der Waals surface area contributed by atoms with Gasteiger partial charge in [0.25, 0.3) is 0 Å². The predicted molar refractivity (Wildman–Crippen MR) is 81.1 cm³/mol. The Morgan fingerprint density at radius 2 is 1.84 bits per heavy atom. The van der Waals surface area contributed by atoms with Crippen molar-refractivity contribution in [3.63, 3.8) is 0 Å². The van der Waals surface area contributed by atoms with Crippen molar-refractivity contribution in [2.75, 3.05) is 6.54 Å². The molecule has 3 heteroatoms. The standard InChI is InChI=1S/C16H30N2O/c1-7-14(17)16(15-9-8-13(6)19-15)18(12(4)5)10-11(2)3/h8-9,11-12,14,16H,7,10,17H2,1-6H3. The van der Waals surface area contributed by atoms with Gasteiger partial charge in [-0.1, -0.05) is 20.8 Å². The summed E-state index contributed by atoms with van der Waals surface area (Å²) in [5, 5.41) is 0. The maximum atomic E-state index is 6.37. The van der Waals surface area contributed by atoms with Crippen LogP contribution in [0.15, 0.2) is 16.5 Å². The molecular weight excluding hydrogens is 236 g/mol. The molecule has 0 fully saturated rings. The Kier molecular flexibility index (Phi) is 6.08. The largest absolute Gasteiger partial charge is 0.465 e. The van der Waals surface area contributed by atoms with E-state index in [0.717, 1.165) is 24.5 Å². The third-order valence-corrected chi connectivity index (χ3v) is 3.53. The Morgan fingerprint density at radius 1 is 1.21 bits per heavy atom. The van der Waals surface area contributed by atoms with Gasteiger partial charge in [0.1, 0.15) is 11.5 Å². The first-order valence-corrected chi connectivity index (χ1v) is 7.44.